The summed E-state index contributed by atoms with van der Waals surface area (Å²) in [5.41, 5.74) is 3.08. The minimum atomic E-state index is -3.48. The Morgan fingerprint density at radius 3 is 2.56 bits per heavy atom. The maximum Gasteiger partial charge on any atom is 0.179 e. The van der Waals surface area contributed by atoms with Gasteiger partial charge in [0.1, 0.15) is 12.4 Å². The number of benzene rings is 3. The Kier molecular flexibility index (Phi) is 5.41. The molecule has 6 heteroatoms. The number of para-hydroxylation sites is 1. The molecule has 1 aromatic heterocycles. The lowest BCUT2D eigenvalue weighted by Crippen LogP contribution is -2.31. The van der Waals surface area contributed by atoms with E-state index in [4.69, 9.17) is 4.74 Å². The number of aromatic nitrogens is 1. The number of ether oxygens (including phenoxy) is 1. The molecule has 5 nitrogen and oxygen atoms in total. The Hall–Kier alpha value is -3.22. The van der Waals surface area contributed by atoms with Crippen LogP contribution in [0.3, 0.4) is 0 Å². The third kappa shape index (κ3) is 4.11. The monoisotopic (exact) mass is 445 g/mol. The molecule has 1 N–H and O–H groups in total. The topological polar surface area (TPSA) is 76.5 Å². The number of pyridine rings is 1. The van der Waals surface area contributed by atoms with Gasteiger partial charge in [0.05, 0.1) is 28.0 Å². The summed E-state index contributed by atoms with van der Waals surface area (Å²) in [6, 6.07) is 26.3. The average Bonchev–Trinajstić information content (AvgIpc) is 2.81. The lowest BCUT2D eigenvalue weighted by molar-refractivity contribution is 0.112. The first-order chi connectivity index (χ1) is 15.5. The Balaban J connectivity index is 1.38. The van der Waals surface area contributed by atoms with E-state index in [2.05, 4.69) is 4.98 Å². The fraction of sp³-hybridized carbons (Fsp3) is 0.192. The zero-order valence-electron chi connectivity index (χ0n) is 17.4. The van der Waals surface area contributed by atoms with E-state index in [1.807, 2.05) is 66.7 Å². The van der Waals surface area contributed by atoms with Gasteiger partial charge >= 0.3 is 0 Å². The summed E-state index contributed by atoms with van der Waals surface area (Å²) < 4.78 is 31.7. The summed E-state index contributed by atoms with van der Waals surface area (Å²) in [6.07, 6.45) is -0.386. The second-order valence-corrected chi connectivity index (χ2v) is 10.2. The second-order valence-electron chi connectivity index (χ2n) is 8.16. The SMILES string of the molecule is O=S1(=O)C[C@@H](Cc2ccccc2)[C@H](O)c2cc(OCc3ccc4ccccc4n3)ccc21. The van der Waals surface area contributed by atoms with Crippen molar-refractivity contribution in [3.05, 3.63) is 102 Å². The highest BCUT2D eigenvalue weighted by atomic mass is 32.2. The van der Waals surface area contributed by atoms with Crippen LogP contribution in [-0.2, 0) is 22.9 Å². The molecule has 0 saturated carbocycles. The first-order valence-electron chi connectivity index (χ1n) is 10.6. The third-order valence-electron chi connectivity index (χ3n) is 5.90. The van der Waals surface area contributed by atoms with Crippen molar-refractivity contribution < 1.29 is 18.3 Å². The number of aliphatic hydroxyl groups is 1. The number of hydrogen-bond donors (Lipinski definition) is 1. The minimum Gasteiger partial charge on any atom is -0.487 e. The lowest BCUT2D eigenvalue weighted by atomic mass is 9.90. The molecule has 0 radical (unpaired) electrons. The standard InChI is InChI=1S/C26H23NO4S/c28-26-20(14-18-6-2-1-3-7-18)17-32(29,30)25-13-12-22(15-23(25)26)31-16-21-11-10-19-8-4-5-9-24(19)27-21/h1-13,15,20,26,28H,14,16-17H2/t20-,26+/m1/s1. The highest BCUT2D eigenvalue weighted by molar-refractivity contribution is 7.91. The molecule has 0 unspecified atom stereocenters. The van der Waals surface area contributed by atoms with Crippen molar-refractivity contribution in [2.24, 2.45) is 5.92 Å². The van der Waals surface area contributed by atoms with Crippen LogP contribution in [0.1, 0.15) is 22.9 Å². The maximum absolute atomic E-state index is 12.9. The summed E-state index contributed by atoms with van der Waals surface area (Å²) in [6.45, 7) is 0.250. The van der Waals surface area contributed by atoms with Crippen molar-refractivity contribution in [3.63, 3.8) is 0 Å². The summed E-state index contributed by atoms with van der Waals surface area (Å²) in [5.74, 6) is 0.0257. The Labute approximate surface area is 187 Å². The Morgan fingerprint density at radius 2 is 1.72 bits per heavy atom. The van der Waals surface area contributed by atoms with Crippen molar-refractivity contribution in [1.82, 2.24) is 4.98 Å². The fourth-order valence-corrected chi connectivity index (χ4v) is 6.14. The molecule has 1 aliphatic heterocycles. The highest BCUT2D eigenvalue weighted by Gasteiger charge is 2.37. The third-order valence-corrected chi connectivity index (χ3v) is 7.81. The van der Waals surface area contributed by atoms with Gasteiger partial charge in [0.2, 0.25) is 0 Å². The first-order valence-corrected chi connectivity index (χ1v) is 12.2. The van der Waals surface area contributed by atoms with E-state index in [0.29, 0.717) is 17.7 Å². The van der Waals surface area contributed by atoms with Gasteiger partial charge < -0.3 is 9.84 Å². The molecular weight excluding hydrogens is 422 g/mol. The van der Waals surface area contributed by atoms with E-state index < -0.39 is 21.9 Å². The Morgan fingerprint density at radius 1 is 0.938 bits per heavy atom. The molecule has 5 rings (SSSR count). The molecule has 0 bridgehead atoms. The molecule has 0 saturated heterocycles. The predicted octanol–water partition coefficient (Wildman–Crippen LogP) is 4.49. The number of nitrogens with zero attached hydrogens (tertiary/aromatic N) is 1. The van der Waals surface area contributed by atoms with Gasteiger partial charge in [-0.3, -0.25) is 0 Å². The molecule has 3 aromatic carbocycles. The largest absolute Gasteiger partial charge is 0.487 e. The molecule has 0 fully saturated rings. The van der Waals surface area contributed by atoms with Crippen LogP contribution in [0.25, 0.3) is 10.9 Å². The van der Waals surface area contributed by atoms with Crippen LogP contribution in [0.5, 0.6) is 5.75 Å². The van der Waals surface area contributed by atoms with Crippen molar-refractivity contribution in [2.45, 2.75) is 24.0 Å². The van der Waals surface area contributed by atoms with Crippen LogP contribution in [0.2, 0.25) is 0 Å². The van der Waals surface area contributed by atoms with Gasteiger partial charge in [-0.2, -0.15) is 0 Å². The summed E-state index contributed by atoms with van der Waals surface area (Å²) in [4.78, 5) is 4.79. The molecule has 162 valence electrons. The maximum atomic E-state index is 12.9. The smallest absolute Gasteiger partial charge is 0.179 e. The van der Waals surface area contributed by atoms with E-state index in [0.717, 1.165) is 22.2 Å². The van der Waals surface area contributed by atoms with E-state index in [9.17, 15) is 13.5 Å². The van der Waals surface area contributed by atoms with E-state index in [1.54, 1.807) is 12.1 Å². The second kappa shape index (κ2) is 8.37. The van der Waals surface area contributed by atoms with E-state index >= 15 is 0 Å². The normalized spacial score (nSPS) is 19.4. The van der Waals surface area contributed by atoms with Crippen LogP contribution in [0.15, 0.2) is 89.8 Å². The van der Waals surface area contributed by atoms with Crippen LogP contribution < -0.4 is 4.74 Å². The first kappa shape index (κ1) is 20.7. The fourth-order valence-electron chi connectivity index (χ4n) is 4.28. The summed E-state index contributed by atoms with van der Waals surface area (Å²) in [5, 5.41) is 12.1. The number of hydrogen-bond acceptors (Lipinski definition) is 5. The van der Waals surface area contributed by atoms with Crippen molar-refractivity contribution in [1.29, 1.82) is 0 Å². The van der Waals surface area contributed by atoms with Gasteiger partial charge in [0.25, 0.3) is 0 Å². The zero-order valence-corrected chi connectivity index (χ0v) is 18.2. The van der Waals surface area contributed by atoms with Gasteiger partial charge in [-0.1, -0.05) is 54.6 Å². The van der Waals surface area contributed by atoms with Gasteiger partial charge in [-0.15, -0.1) is 0 Å². The molecule has 0 amide bonds. The van der Waals surface area contributed by atoms with Crippen LogP contribution >= 0.6 is 0 Å². The van der Waals surface area contributed by atoms with Crippen LogP contribution in [-0.4, -0.2) is 24.3 Å². The number of fused-ring (bicyclic) bond motifs is 2. The van der Waals surface area contributed by atoms with Crippen LogP contribution in [0, 0.1) is 5.92 Å². The van der Waals surface area contributed by atoms with Gasteiger partial charge in [-0.25, -0.2) is 13.4 Å². The molecule has 32 heavy (non-hydrogen) atoms. The number of aliphatic hydroxyl groups excluding tert-OH is 1. The van der Waals surface area contributed by atoms with Gasteiger partial charge in [-0.05, 0) is 42.3 Å². The van der Waals surface area contributed by atoms with E-state index in [-0.39, 0.29) is 17.3 Å². The Bertz CT molecular complexity index is 1370. The molecule has 4 aromatic rings. The predicted molar refractivity (Wildman–Crippen MR) is 123 cm³/mol. The quantitative estimate of drug-likeness (QED) is 0.490. The minimum absolute atomic E-state index is 0.0721. The highest BCUT2D eigenvalue weighted by Crippen LogP contribution is 2.39. The molecule has 1 aliphatic rings. The molecule has 0 spiro atoms. The molecule has 0 aliphatic carbocycles. The average molecular weight is 446 g/mol. The number of rotatable bonds is 5. The number of sulfone groups is 1. The molecular formula is C26H23NO4S. The van der Waals surface area contributed by atoms with Crippen molar-refractivity contribution >= 4 is 20.7 Å². The molecule has 2 heterocycles. The zero-order chi connectivity index (χ0) is 22.1. The van der Waals surface area contributed by atoms with Crippen molar-refractivity contribution in [2.75, 3.05) is 5.75 Å². The summed E-state index contributed by atoms with van der Waals surface area (Å²) in [7, 11) is -3.48. The van der Waals surface area contributed by atoms with Crippen molar-refractivity contribution in [3.8, 4) is 5.75 Å². The summed E-state index contributed by atoms with van der Waals surface area (Å²) >= 11 is 0. The van der Waals surface area contributed by atoms with Gasteiger partial charge in [0, 0.05) is 16.9 Å². The van der Waals surface area contributed by atoms with Crippen LogP contribution in [0.4, 0.5) is 0 Å². The lowest BCUT2D eigenvalue weighted by Gasteiger charge is -2.30. The van der Waals surface area contributed by atoms with E-state index in [1.165, 1.54) is 6.07 Å². The molecule has 2 atom stereocenters. The van der Waals surface area contributed by atoms with Gasteiger partial charge in [0.15, 0.2) is 9.84 Å².